The van der Waals surface area contributed by atoms with Crippen LogP contribution in [0.3, 0.4) is 0 Å². The van der Waals surface area contributed by atoms with Crippen molar-refractivity contribution < 1.29 is 27.3 Å². The van der Waals surface area contributed by atoms with Crippen molar-refractivity contribution in [2.24, 2.45) is 0 Å². The molecule has 3 atom stereocenters. The van der Waals surface area contributed by atoms with Gasteiger partial charge in [-0.2, -0.15) is 0 Å². The number of alkyl halides is 3. The Morgan fingerprint density at radius 3 is 1.92 bits per heavy atom. The summed E-state index contributed by atoms with van der Waals surface area (Å²) in [6.45, 7) is 4.61. The van der Waals surface area contributed by atoms with Crippen LogP contribution in [0.15, 0.2) is 30.3 Å². The van der Waals surface area contributed by atoms with Gasteiger partial charge in [0.25, 0.3) is 0 Å². The summed E-state index contributed by atoms with van der Waals surface area (Å²) < 4.78 is 58.9. The molecule has 0 unspecified atom stereocenters. The number of rotatable bonds is 2. The van der Waals surface area contributed by atoms with Crippen molar-refractivity contribution in [3.05, 3.63) is 35.9 Å². The Morgan fingerprint density at radius 1 is 1.00 bits per heavy atom. The van der Waals surface area contributed by atoms with Gasteiger partial charge in [-0.25, -0.2) is 0 Å². The minimum atomic E-state index is -4.96. The van der Waals surface area contributed by atoms with E-state index < -0.39 is 18.9 Å². The molecule has 25 heavy (non-hydrogen) atoms. The molecule has 0 saturated carbocycles. The average molecular weight is 378 g/mol. The van der Waals surface area contributed by atoms with Gasteiger partial charge in [0.2, 0.25) is 0 Å². The van der Waals surface area contributed by atoms with Crippen molar-refractivity contribution in [3.8, 4) is 0 Å². The van der Waals surface area contributed by atoms with E-state index >= 15 is 0 Å². The van der Waals surface area contributed by atoms with E-state index in [2.05, 4.69) is 0 Å². The Bertz CT molecular complexity index is 663. The first kappa shape index (κ1) is 17.6. The topological polar surface area (TPSA) is 45.2 Å². The fraction of sp³-hybridized carbons (Fsp3) is 0.625. The molecule has 3 heterocycles. The Morgan fingerprint density at radius 2 is 1.48 bits per heavy atom. The predicted molar refractivity (Wildman–Crippen MR) is 87.6 cm³/mol. The van der Waals surface area contributed by atoms with Crippen LogP contribution in [0.5, 0.6) is 0 Å². The van der Waals surface area contributed by atoms with Gasteiger partial charge < -0.3 is 0 Å². The zero-order chi connectivity index (χ0) is 18.1. The molecule has 140 valence electrons. The molecule has 1 aromatic rings. The summed E-state index contributed by atoms with van der Waals surface area (Å²) in [6, 6.07) is 6.69. The van der Waals surface area contributed by atoms with Gasteiger partial charge in [-0.1, -0.05) is 0 Å². The maximum atomic E-state index is 14.5. The first-order chi connectivity index (χ1) is 11.7. The second kappa shape index (κ2) is 5.15. The second-order valence-corrected chi connectivity index (χ2v) is 11.0. The molecular weight excluding hydrogens is 356 g/mol. The molecule has 0 aromatic heterocycles. The number of benzene rings is 1. The zero-order valence-corrected chi connectivity index (χ0v) is 15.0. The van der Waals surface area contributed by atoms with Gasteiger partial charge in [-0.3, -0.25) is 0 Å². The van der Waals surface area contributed by atoms with Gasteiger partial charge in [0.05, 0.1) is 0 Å². The van der Waals surface area contributed by atoms with Crippen LogP contribution >= 0.6 is 7.36 Å². The van der Waals surface area contributed by atoms with Crippen molar-refractivity contribution in [1.29, 1.82) is 0 Å². The van der Waals surface area contributed by atoms with Crippen molar-refractivity contribution in [2.75, 3.05) is 26.3 Å². The number of hydrogen-bond acceptors (Lipinski definition) is 5. The monoisotopic (exact) mass is 378 g/mol. The van der Waals surface area contributed by atoms with Gasteiger partial charge >= 0.3 is 144 Å². The molecule has 4 rings (SSSR count). The van der Waals surface area contributed by atoms with Crippen molar-refractivity contribution in [2.45, 2.75) is 37.4 Å². The summed E-state index contributed by atoms with van der Waals surface area (Å²) in [4.78, 5) is 0. The van der Waals surface area contributed by atoms with Gasteiger partial charge in [0, 0.05) is 0 Å². The van der Waals surface area contributed by atoms with E-state index in [0.29, 0.717) is 13.1 Å². The standard InChI is InChI=1S/C16H22F3N2O3P/c1-12-10-23-25(20(12)8-9-21(25)13(2)11-24-25)15(22,16(17,18)19)14-6-4-3-5-7-14/h3-7,12-13,22H,8-11H2,1-2H3/t12-,13-,15+/m0/s1. The molecule has 3 aliphatic rings. The fourth-order valence-corrected chi connectivity index (χ4v) is 11.1. The summed E-state index contributed by atoms with van der Waals surface area (Å²) >= 11 is 0. The molecule has 1 N–H and O–H groups in total. The maximum absolute atomic E-state index is 14.5. The van der Waals surface area contributed by atoms with Crippen LogP contribution in [0.4, 0.5) is 13.2 Å². The quantitative estimate of drug-likeness (QED) is 0.802. The Hall–Kier alpha value is -0.760. The molecular formula is C16H22F3N2O3P. The molecule has 3 aliphatic heterocycles. The molecule has 5 nitrogen and oxygen atoms in total. The molecule has 9 heteroatoms. The van der Waals surface area contributed by atoms with Gasteiger partial charge in [0.1, 0.15) is 0 Å². The summed E-state index contributed by atoms with van der Waals surface area (Å²) in [5.41, 5.74) is -0.236. The van der Waals surface area contributed by atoms with Crippen LogP contribution in [0.25, 0.3) is 0 Å². The van der Waals surface area contributed by atoms with E-state index in [4.69, 9.17) is 9.05 Å². The Balaban J connectivity index is 2.06. The molecule has 0 bridgehead atoms. The minimum absolute atomic E-state index is 0.103. The average Bonchev–Trinajstić information content (AvgIpc) is 3.16. The number of hydrogen-bond donors (Lipinski definition) is 1. The third kappa shape index (κ3) is 1.76. The van der Waals surface area contributed by atoms with Gasteiger partial charge in [-0.05, 0) is 0 Å². The van der Waals surface area contributed by atoms with Crippen molar-refractivity contribution in [1.82, 2.24) is 9.34 Å². The van der Waals surface area contributed by atoms with E-state index in [9.17, 15) is 18.3 Å². The normalized spacial score (nSPS) is 35.5. The van der Waals surface area contributed by atoms with Crippen LogP contribution in [0.1, 0.15) is 19.4 Å². The van der Waals surface area contributed by atoms with Crippen LogP contribution < -0.4 is 0 Å². The summed E-state index contributed by atoms with van der Waals surface area (Å²) in [5.74, 6) is 0. The first-order valence-electron chi connectivity index (χ1n) is 8.39. The molecule has 3 fully saturated rings. The SMILES string of the molecule is C[C@H]1COP23([C@](O)(c4ccccc4)C(F)(F)F)OC[C@H](C)N2CCN13. The van der Waals surface area contributed by atoms with Crippen molar-refractivity contribution in [3.63, 3.8) is 0 Å². The molecule has 1 spiro atoms. The van der Waals surface area contributed by atoms with Crippen molar-refractivity contribution >= 4 is 7.36 Å². The fourth-order valence-electron chi connectivity index (χ4n) is 4.66. The number of nitrogens with zero attached hydrogens (tertiary/aromatic N) is 2. The van der Waals surface area contributed by atoms with Gasteiger partial charge in [-0.15, -0.1) is 0 Å². The van der Waals surface area contributed by atoms with Crippen LogP contribution in [-0.4, -0.2) is 59.0 Å². The summed E-state index contributed by atoms with van der Waals surface area (Å²) in [6.07, 6.45) is -4.96. The number of halogens is 3. The van der Waals surface area contributed by atoms with Crippen LogP contribution in [0, 0.1) is 0 Å². The van der Waals surface area contributed by atoms with Crippen LogP contribution in [0.2, 0.25) is 0 Å². The van der Waals surface area contributed by atoms with E-state index in [1.54, 1.807) is 15.4 Å². The van der Waals surface area contributed by atoms with E-state index in [0.717, 1.165) is 0 Å². The molecule has 0 aliphatic carbocycles. The summed E-state index contributed by atoms with van der Waals surface area (Å²) in [5, 5.41) is 8.25. The summed E-state index contributed by atoms with van der Waals surface area (Å²) in [7, 11) is -4.79. The van der Waals surface area contributed by atoms with E-state index in [-0.39, 0.29) is 30.9 Å². The third-order valence-electron chi connectivity index (χ3n) is 5.70. The molecule has 1 aromatic carbocycles. The Kier molecular flexibility index (Phi) is 3.64. The van der Waals surface area contributed by atoms with Crippen LogP contribution in [-0.2, 0) is 14.4 Å². The van der Waals surface area contributed by atoms with E-state index in [1.165, 1.54) is 24.3 Å². The molecule has 3 saturated heterocycles. The first-order valence-corrected chi connectivity index (χ1v) is 10.4. The zero-order valence-electron chi connectivity index (χ0n) is 14.1. The number of aliphatic hydroxyl groups is 1. The molecule has 0 amide bonds. The predicted octanol–water partition coefficient (Wildman–Crippen LogP) is 3.06. The van der Waals surface area contributed by atoms with E-state index in [1.807, 2.05) is 13.8 Å². The third-order valence-corrected chi connectivity index (χ3v) is 11.6. The Labute approximate surface area is 144 Å². The second-order valence-electron chi connectivity index (χ2n) is 7.02. The molecule has 0 radical (unpaired) electrons. The van der Waals surface area contributed by atoms with Gasteiger partial charge in [0.15, 0.2) is 0 Å².